The van der Waals surface area contributed by atoms with Gasteiger partial charge in [-0.15, -0.1) is 11.3 Å². The molecule has 1 amide bonds. The minimum absolute atomic E-state index is 0.0770. The van der Waals surface area contributed by atoms with Crippen molar-refractivity contribution in [1.82, 2.24) is 4.90 Å². The molecule has 0 bridgehead atoms. The van der Waals surface area contributed by atoms with Crippen LogP contribution in [0.5, 0.6) is 0 Å². The van der Waals surface area contributed by atoms with Crippen molar-refractivity contribution in [3.63, 3.8) is 0 Å². The van der Waals surface area contributed by atoms with Crippen molar-refractivity contribution >= 4 is 17.2 Å². The van der Waals surface area contributed by atoms with Crippen molar-refractivity contribution in [3.8, 4) is 0 Å². The summed E-state index contributed by atoms with van der Waals surface area (Å²) in [5.74, 6) is 0.251. The lowest BCUT2D eigenvalue weighted by Crippen LogP contribution is -2.86. The number of carbonyl (C=O) groups excluding carboxylic acids is 1. The Kier molecular flexibility index (Phi) is 5.13. The highest BCUT2D eigenvalue weighted by atomic mass is 32.1. The smallest absolute Gasteiger partial charge is 0.278 e. The van der Waals surface area contributed by atoms with E-state index in [4.69, 9.17) is 0 Å². The fourth-order valence-corrected chi connectivity index (χ4v) is 4.14. The number of rotatable bonds is 5. The van der Waals surface area contributed by atoms with E-state index in [1.165, 1.54) is 21.6 Å². The third-order valence-electron chi connectivity index (χ3n) is 4.49. The lowest BCUT2D eigenvalue weighted by molar-refractivity contribution is -0.644. The molecule has 3 rings (SSSR count). The third kappa shape index (κ3) is 3.48. The van der Waals surface area contributed by atoms with Crippen LogP contribution in [-0.2, 0) is 11.2 Å². The van der Waals surface area contributed by atoms with Crippen LogP contribution in [0.25, 0.3) is 0 Å². The second-order valence-electron chi connectivity index (χ2n) is 6.23. The monoisotopic (exact) mass is 329 g/mol. The topological polar surface area (TPSA) is 36.9 Å². The van der Waals surface area contributed by atoms with Gasteiger partial charge in [-0.25, -0.2) is 0 Å². The van der Waals surface area contributed by atoms with Gasteiger partial charge in [0.2, 0.25) is 0 Å². The summed E-state index contributed by atoms with van der Waals surface area (Å²) in [4.78, 5) is 16.3. The van der Waals surface area contributed by atoms with E-state index in [0.717, 1.165) is 25.9 Å². The van der Waals surface area contributed by atoms with E-state index in [9.17, 15) is 4.79 Å². The molecule has 0 saturated carbocycles. The lowest BCUT2D eigenvalue weighted by atomic mass is 9.92. The van der Waals surface area contributed by atoms with E-state index in [0.29, 0.717) is 6.54 Å². The molecular formula is C19H25N2OS+. The summed E-state index contributed by atoms with van der Waals surface area (Å²) < 4.78 is 0. The van der Waals surface area contributed by atoms with Crippen molar-refractivity contribution in [2.24, 2.45) is 0 Å². The first kappa shape index (κ1) is 16.2. The summed E-state index contributed by atoms with van der Waals surface area (Å²) >= 11 is 1.82. The third-order valence-corrected chi connectivity index (χ3v) is 5.49. The molecule has 1 aliphatic heterocycles. The van der Waals surface area contributed by atoms with E-state index >= 15 is 0 Å². The maximum atomic E-state index is 12.8. The molecule has 0 spiro atoms. The molecule has 23 heavy (non-hydrogen) atoms. The van der Waals surface area contributed by atoms with Gasteiger partial charge in [0.25, 0.3) is 5.91 Å². The Labute approximate surface area is 142 Å². The maximum Gasteiger partial charge on any atom is 0.278 e. The van der Waals surface area contributed by atoms with Gasteiger partial charge in [-0.3, -0.25) is 4.79 Å². The van der Waals surface area contributed by atoms with Crippen LogP contribution in [0.4, 0.5) is 0 Å². The summed E-state index contributed by atoms with van der Waals surface area (Å²) in [6, 6.07) is 10.9. The quantitative estimate of drug-likeness (QED) is 0.841. The summed E-state index contributed by atoms with van der Waals surface area (Å²) in [6.07, 6.45) is 2.08. The molecule has 0 fully saturated rings. The Bertz CT molecular complexity index is 662. The molecular weight excluding hydrogens is 304 g/mol. The van der Waals surface area contributed by atoms with E-state index in [-0.39, 0.29) is 11.9 Å². The largest absolute Gasteiger partial charge is 0.338 e. The molecule has 0 aliphatic carbocycles. The van der Waals surface area contributed by atoms with Crippen LogP contribution >= 0.6 is 11.3 Å². The standard InChI is InChI=1S/C19H24N2OS/c1-3-10-20-13-18(22)21-11-8-17-16(9-12-23-17)19(21)15-6-4-14(2)5-7-15/h4-7,9,12,19-20H,3,8,10-11,13H2,1-2H3/p+1/t19-/m1/s1. The fraction of sp³-hybridized carbons (Fsp3) is 0.421. The van der Waals surface area contributed by atoms with E-state index in [2.05, 4.69) is 59.8 Å². The number of hydrogen-bond donors (Lipinski definition) is 1. The maximum absolute atomic E-state index is 12.8. The summed E-state index contributed by atoms with van der Waals surface area (Å²) in [6.45, 7) is 6.64. The zero-order chi connectivity index (χ0) is 16.2. The molecule has 0 radical (unpaired) electrons. The molecule has 1 aromatic carbocycles. The van der Waals surface area contributed by atoms with Gasteiger partial charge in [0.1, 0.15) is 0 Å². The van der Waals surface area contributed by atoms with Crippen molar-refractivity contribution in [3.05, 3.63) is 57.3 Å². The molecule has 122 valence electrons. The molecule has 2 heterocycles. The van der Waals surface area contributed by atoms with Crippen molar-refractivity contribution in [2.75, 3.05) is 19.6 Å². The predicted molar refractivity (Wildman–Crippen MR) is 94.7 cm³/mol. The average Bonchev–Trinajstić information content (AvgIpc) is 3.03. The number of benzene rings is 1. The van der Waals surface area contributed by atoms with Crippen LogP contribution in [0.1, 0.15) is 41.0 Å². The van der Waals surface area contributed by atoms with Crippen molar-refractivity contribution in [1.29, 1.82) is 0 Å². The average molecular weight is 329 g/mol. The molecule has 1 atom stereocenters. The number of thiophene rings is 1. The SMILES string of the molecule is CCC[NH2+]CC(=O)N1CCc2sccc2[C@H]1c1ccc(C)cc1. The van der Waals surface area contributed by atoms with Crippen LogP contribution in [0.2, 0.25) is 0 Å². The highest BCUT2D eigenvalue weighted by molar-refractivity contribution is 7.10. The van der Waals surface area contributed by atoms with Gasteiger partial charge in [0, 0.05) is 11.4 Å². The minimum atomic E-state index is 0.0770. The van der Waals surface area contributed by atoms with Crippen molar-refractivity contribution in [2.45, 2.75) is 32.7 Å². The number of nitrogens with zero attached hydrogens (tertiary/aromatic N) is 1. The number of fused-ring (bicyclic) bond motifs is 1. The highest BCUT2D eigenvalue weighted by Gasteiger charge is 2.33. The highest BCUT2D eigenvalue weighted by Crippen LogP contribution is 2.37. The molecule has 0 saturated heterocycles. The Morgan fingerprint density at radius 1 is 1.30 bits per heavy atom. The van der Waals surface area contributed by atoms with Gasteiger partial charge in [0.15, 0.2) is 6.54 Å². The summed E-state index contributed by atoms with van der Waals surface area (Å²) in [5, 5.41) is 4.28. The van der Waals surface area contributed by atoms with Crippen LogP contribution in [0.15, 0.2) is 35.7 Å². The van der Waals surface area contributed by atoms with Gasteiger partial charge in [0.05, 0.1) is 12.6 Å². The summed E-state index contributed by atoms with van der Waals surface area (Å²) in [7, 11) is 0. The van der Waals surface area contributed by atoms with E-state index in [1.807, 2.05) is 11.3 Å². The Morgan fingerprint density at radius 2 is 2.09 bits per heavy atom. The number of hydrogen-bond acceptors (Lipinski definition) is 2. The first-order valence-electron chi connectivity index (χ1n) is 8.44. The first-order chi connectivity index (χ1) is 11.2. The van der Waals surface area contributed by atoms with Gasteiger partial charge in [-0.1, -0.05) is 36.8 Å². The number of carbonyl (C=O) groups is 1. The number of quaternary nitrogens is 1. The number of nitrogens with two attached hydrogens (primary N) is 1. The molecule has 2 N–H and O–H groups in total. The minimum Gasteiger partial charge on any atom is -0.338 e. The lowest BCUT2D eigenvalue weighted by Gasteiger charge is -2.36. The van der Waals surface area contributed by atoms with Crippen LogP contribution in [0.3, 0.4) is 0 Å². The Balaban J connectivity index is 1.89. The normalized spacial score (nSPS) is 17.1. The molecule has 4 heteroatoms. The van der Waals surface area contributed by atoms with Gasteiger partial charge >= 0.3 is 0 Å². The first-order valence-corrected chi connectivity index (χ1v) is 9.32. The zero-order valence-electron chi connectivity index (χ0n) is 13.9. The number of amides is 1. The van der Waals surface area contributed by atoms with Crippen LogP contribution in [0, 0.1) is 6.92 Å². The molecule has 3 nitrogen and oxygen atoms in total. The second kappa shape index (κ2) is 7.28. The van der Waals surface area contributed by atoms with E-state index in [1.54, 1.807) is 0 Å². The second-order valence-corrected chi connectivity index (χ2v) is 7.23. The fourth-order valence-electron chi connectivity index (χ4n) is 3.24. The van der Waals surface area contributed by atoms with Crippen LogP contribution < -0.4 is 5.32 Å². The zero-order valence-corrected chi connectivity index (χ0v) is 14.7. The van der Waals surface area contributed by atoms with Gasteiger partial charge in [-0.2, -0.15) is 0 Å². The molecule has 0 unspecified atom stereocenters. The predicted octanol–water partition coefficient (Wildman–Crippen LogP) is 2.50. The van der Waals surface area contributed by atoms with Crippen LogP contribution in [-0.4, -0.2) is 30.4 Å². The van der Waals surface area contributed by atoms with Crippen molar-refractivity contribution < 1.29 is 10.1 Å². The molecule has 2 aromatic rings. The molecule has 1 aliphatic rings. The molecule has 1 aromatic heterocycles. The summed E-state index contributed by atoms with van der Waals surface area (Å²) in [5.41, 5.74) is 3.79. The Hall–Kier alpha value is -1.65. The number of aryl methyl sites for hydroxylation is 1. The van der Waals surface area contributed by atoms with Gasteiger partial charge in [-0.05, 0) is 42.3 Å². The van der Waals surface area contributed by atoms with E-state index < -0.39 is 0 Å². The Morgan fingerprint density at radius 3 is 2.83 bits per heavy atom. The van der Waals surface area contributed by atoms with Gasteiger partial charge < -0.3 is 10.2 Å².